The number of aliphatic carboxylic acids is 1. The van der Waals surface area contributed by atoms with Crippen molar-refractivity contribution in [3.05, 3.63) is 0 Å². The zero-order valence-electron chi connectivity index (χ0n) is 6.01. The van der Waals surface area contributed by atoms with E-state index < -0.39 is 19.3 Å². The van der Waals surface area contributed by atoms with Crippen LogP contribution in [0.1, 0.15) is 12.8 Å². The monoisotopic (exact) mass is 217 g/mol. The van der Waals surface area contributed by atoms with E-state index in [2.05, 4.69) is 15.9 Å². The fraction of sp³-hybridized carbons (Fsp3) is 0.750. The van der Waals surface area contributed by atoms with E-state index in [1.807, 2.05) is 0 Å². The van der Waals surface area contributed by atoms with Crippen molar-refractivity contribution < 1.29 is 23.4 Å². The van der Waals surface area contributed by atoms with Gasteiger partial charge in [0.05, 0.1) is 11.9 Å². The number of halogens is 1. The molecule has 8 heteroatoms. The van der Waals surface area contributed by atoms with Crippen molar-refractivity contribution in [3.63, 3.8) is 0 Å². The summed E-state index contributed by atoms with van der Waals surface area (Å²) in [6.45, 7) is 0. The number of carbonyl (C=O) groups is 1. The fourth-order valence-corrected chi connectivity index (χ4v) is 1.35. The molecule has 0 spiro atoms. The van der Waals surface area contributed by atoms with Crippen LogP contribution >= 0.6 is 19.5 Å². The first kappa shape index (κ1) is 11.9. The first-order valence-corrected chi connectivity index (χ1v) is 4.96. The number of carboxylic acids is 1. The highest BCUT2D eigenvalue weighted by atomic mass is 35.5. The number of rotatable bonds is 5. The lowest BCUT2D eigenvalue weighted by molar-refractivity contribution is -0.137. The molecule has 0 saturated heterocycles. The van der Waals surface area contributed by atoms with Crippen molar-refractivity contribution in [2.24, 2.45) is 5.73 Å². The van der Waals surface area contributed by atoms with Crippen LogP contribution in [0.3, 0.4) is 0 Å². The lowest BCUT2D eigenvalue weighted by atomic mass is 10.3. The summed E-state index contributed by atoms with van der Waals surface area (Å²) in [5.41, 5.74) is 5.12. The molecule has 72 valence electrons. The molecule has 0 aromatic rings. The van der Waals surface area contributed by atoms with Crippen molar-refractivity contribution in [3.8, 4) is 0 Å². The smallest absolute Gasteiger partial charge is 0.360 e. The number of carboxylic acid groups (broad SMARTS) is 1. The molecule has 0 radical (unpaired) electrons. The highest BCUT2D eigenvalue weighted by Crippen LogP contribution is 2.47. The Morgan fingerprint density at radius 1 is 1.75 bits per heavy atom. The van der Waals surface area contributed by atoms with Crippen molar-refractivity contribution in [2.75, 3.05) is 0 Å². The molecule has 0 bridgehead atoms. The minimum Gasteiger partial charge on any atom is -0.481 e. The van der Waals surface area contributed by atoms with Crippen LogP contribution in [0.15, 0.2) is 0 Å². The Morgan fingerprint density at radius 2 is 2.25 bits per heavy atom. The Bertz CT molecular complexity index is 210. The van der Waals surface area contributed by atoms with Gasteiger partial charge in [-0.15, -0.1) is 0 Å². The van der Waals surface area contributed by atoms with Crippen molar-refractivity contribution in [1.82, 2.24) is 0 Å². The van der Waals surface area contributed by atoms with Crippen LogP contribution in [0, 0.1) is 0 Å². The summed E-state index contributed by atoms with van der Waals surface area (Å²) in [6.07, 6.45) is -0.457. The van der Waals surface area contributed by atoms with Crippen LogP contribution in [0.2, 0.25) is 0 Å². The average molecular weight is 218 g/mol. The third-order valence-electron chi connectivity index (χ3n) is 1.17. The molecule has 0 rings (SSSR count). The average Bonchev–Trinajstić information content (AvgIpc) is 2.00. The van der Waals surface area contributed by atoms with Gasteiger partial charge in [-0.3, -0.25) is 9.36 Å². The Hall–Kier alpha value is -0.130. The van der Waals surface area contributed by atoms with Gasteiger partial charge in [-0.25, -0.2) is 0 Å². The summed E-state index contributed by atoms with van der Waals surface area (Å²) in [6, 6.07) is 0. The topological polar surface area (TPSA) is 110 Å². The molecule has 0 aromatic heterocycles. The Kier molecular flexibility index (Phi) is 4.74. The minimum absolute atomic E-state index is 0.157. The molecule has 0 fully saturated rings. The normalized spacial score (nSPS) is 18.2. The third-order valence-corrected chi connectivity index (χ3v) is 3.06. The van der Waals surface area contributed by atoms with Gasteiger partial charge in [0.15, 0.2) is 0 Å². The van der Waals surface area contributed by atoms with Gasteiger partial charge in [0.2, 0.25) is 0 Å². The van der Waals surface area contributed by atoms with E-state index in [1.165, 1.54) is 0 Å². The number of nitrogens with two attached hydrogens (primary N) is 1. The first-order chi connectivity index (χ1) is 5.40. The largest absolute Gasteiger partial charge is 0.481 e. The molecule has 2 atom stereocenters. The number of hydrogen-bond donors (Lipinski definition) is 3. The van der Waals surface area contributed by atoms with Crippen LogP contribution in [-0.4, -0.2) is 21.8 Å². The maximum atomic E-state index is 10.8. The van der Waals surface area contributed by atoms with Crippen molar-refractivity contribution >= 4 is 25.4 Å². The van der Waals surface area contributed by atoms with E-state index in [9.17, 15) is 9.36 Å². The van der Waals surface area contributed by atoms with E-state index in [0.29, 0.717) is 0 Å². The predicted octanol–water partition coefficient (Wildman–Crippen LogP) is 0.492. The Labute approximate surface area is 74.0 Å². The highest BCUT2D eigenvalue weighted by molar-refractivity contribution is 7.54. The molecular weight excluding hydrogens is 208 g/mol. The molecule has 0 amide bonds. The third kappa shape index (κ3) is 4.04. The summed E-state index contributed by atoms with van der Waals surface area (Å²) < 4.78 is 14.5. The van der Waals surface area contributed by atoms with E-state index in [0.717, 1.165) is 0 Å². The summed E-state index contributed by atoms with van der Waals surface area (Å²) in [7, 11) is -4.04. The SMILES string of the molecule is NC(CCC(=O)O)P(=O)(O)OCl. The van der Waals surface area contributed by atoms with Crippen LogP contribution in [0.5, 0.6) is 0 Å². The van der Waals surface area contributed by atoms with Gasteiger partial charge < -0.3 is 15.7 Å². The zero-order chi connectivity index (χ0) is 9.78. The molecule has 12 heavy (non-hydrogen) atoms. The second-order valence-corrected chi connectivity index (χ2v) is 4.48. The van der Waals surface area contributed by atoms with Crippen LogP contribution in [0.4, 0.5) is 0 Å². The van der Waals surface area contributed by atoms with Crippen molar-refractivity contribution in [2.45, 2.75) is 18.6 Å². The van der Waals surface area contributed by atoms with Gasteiger partial charge in [0, 0.05) is 6.42 Å². The lowest BCUT2D eigenvalue weighted by Crippen LogP contribution is -2.21. The van der Waals surface area contributed by atoms with Gasteiger partial charge in [-0.1, -0.05) is 0 Å². The Balaban J connectivity index is 3.95. The van der Waals surface area contributed by atoms with Gasteiger partial charge in [-0.05, 0) is 6.42 Å². The maximum absolute atomic E-state index is 10.8. The molecule has 0 aliphatic carbocycles. The van der Waals surface area contributed by atoms with Gasteiger partial charge >= 0.3 is 13.6 Å². The molecular formula is C4H9ClNO5P. The molecule has 2 unspecified atom stereocenters. The molecule has 6 nitrogen and oxygen atoms in total. The minimum atomic E-state index is -4.04. The van der Waals surface area contributed by atoms with Gasteiger partial charge in [0.1, 0.15) is 5.78 Å². The quantitative estimate of drug-likeness (QED) is 0.578. The Morgan fingerprint density at radius 3 is 2.58 bits per heavy atom. The summed E-state index contributed by atoms with van der Waals surface area (Å²) in [4.78, 5) is 18.8. The molecule has 0 aromatic carbocycles. The van der Waals surface area contributed by atoms with Crippen LogP contribution in [0.25, 0.3) is 0 Å². The van der Waals surface area contributed by atoms with Crippen LogP contribution in [-0.2, 0) is 13.4 Å². The zero-order valence-corrected chi connectivity index (χ0v) is 7.66. The molecule has 0 aliphatic heterocycles. The van der Waals surface area contributed by atoms with Crippen LogP contribution < -0.4 is 5.73 Å². The molecule has 4 N–H and O–H groups in total. The summed E-state index contributed by atoms with van der Waals surface area (Å²) >= 11 is 4.66. The predicted molar refractivity (Wildman–Crippen MR) is 41.6 cm³/mol. The van der Waals surface area contributed by atoms with E-state index >= 15 is 0 Å². The number of hydrogen-bond acceptors (Lipinski definition) is 4. The van der Waals surface area contributed by atoms with E-state index in [4.69, 9.17) is 15.7 Å². The second-order valence-electron chi connectivity index (χ2n) is 2.13. The molecule has 0 saturated carbocycles. The first-order valence-electron chi connectivity index (χ1n) is 3.00. The van der Waals surface area contributed by atoms with E-state index in [-0.39, 0.29) is 12.8 Å². The van der Waals surface area contributed by atoms with E-state index in [1.54, 1.807) is 0 Å². The molecule has 0 aliphatic rings. The van der Waals surface area contributed by atoms with Gasteiger partial charge in [0.25, 0.3) is 0 Å². The highest BCUT2D eigenvalue weighted by Gasteiger charge is 2.29. The van der Waals surface area contributed by atoms with Gasteiger partial charge in [-0.2, -0.15) is 4.08 Å². The molecule has 0 heterocycles. The van der Waals surface area contributed by atoms with Crippen molar-refractivity contribution in [1.29, 1.82) is 0 Å². The summed E-state index contributed by atoms with van der Waals surface area (Å²) in [5, 5.41) is 8.20. The maximum Gasteiger partial charge on any atom is 0.360 e. The fourth-order valence-electron chi connectivity index (χ4n) is 0.486. The lowest BCUT2D eigenvalue weighted by Gasteiger charge is -2.13. The summed E-state index contributed by atoms with van der Waals surface area (Å²) in [5.74, 6) is -2.36. The second kappa shape index (κ2) is 4.79. The standard InChI is InChI=1S/C4H9ClNO5P/c5-11-12(9,10)3(6)1-2-4(7)8/h3H,1-2,6H2,(H,7,8)(H,9,10).